The number of hydrogen-bond donors (Lipinski definition) is 3. The predicted molar refractivity (Wildman–Crippen MR) is 68.8 cm³/mol. The van der Waals surface area contributed by atoms with Crippen LogP contribution in [0.25, 0.3) is 0 Å². The van der Waals surface area contributed by atoms with Crippen LogP contribution in [0.3, 0.4) is 0 Å². The van der Waals surface area contributed by atoms with Crippen molar-refractivity contribution in [2.24, 2.45) is 5.73 Å². The molecule has 0 spiro atoms. The highest BCUT2D eigenvalue weighted by atomic mass is 32.2. The van der Waals surface area contributed by atoms with Crippen LogP contribution in [0.2, 0.25) is 0 Å². The maximum atomic E-state index is 12.0. The van der Waals surface area contributed by atoms with Crippen molar-refractivity contribution in [3.63, 3.8) is 0 Å². The molecule has 0 aliphatic carbocycles. The van der Waals surface area contributed by atoms with Gasteiger partial charge in [-0.05, 0) is 24.3 Å². The van der Waals surface area contributed by atoms with Gasteiger partial charge in [0.25, 0.3) is 0 Å². The van der Waals surface area contributed by atoms with Crippen LogP contribution in [0.4, 0.5) is 18.9 Å². The van der Waals surface area contributed by atoms with Crippen molar-refractivity contribution in [2.75, 3.05) is 17.9 Å². The smallest absolute Gasteiger partial charge is 0.384 e. The summed E-state index contributed by atoms with van der Waals surface area (Å²) < 4.78 is 61.4. The van der Waals surface area contributed by atoms with Crippen LogP contribution in [-0.2, 0) is 10.2 Å². The van der Waals surface area contributed by atoms with Crippen molar-refractivity contribution in [1.82, 2.24) is 4.72 Å². The first kappa shape index (κ1) is 16.2. The van der Waals surface area contributed by atoms with Gasteiger partial charge in [0, 0.05) is 12.6 Å². The van der Waals surface area contributed by atoms with Crippen LogP contribution < -0.4 is 14.8 Å². The predicted octanol–water partition coefficient (Wildman–Crippen LogP) is 0.804. The van der Waals surface area contributed by atoms with Crippen LogP contribution in [0.5, 0.6) is 0 Å². The van der Waals surface area contributed by atoms with Gasteiger partial charge in [0.15, 0.2) is 0 Å². The summed E-state index contributed by atoms with van der Waals surface area (Å²) in [6.45, 7) is -1.65. The largest absolute Gasteiger partial charge is 0.402 e. The fourth-order valence-electron chi connectivity index (χ4n) is 1.26. The number of rotatable bonds is 5. The second-order valence-electron chi connectivity index (χ2n) is 3.87. The first-order valence-electron chi connectivity index (χ1n) is 5.27. The van der Waals surface area contributed by atoms with Crippen LogP contribution >= 0.6 is 0 Å². The number of nitrogens with zero attached hydrogens (tertiary/aromatic N) is 1. The molecule has 1 aromatic rings. The van der Waals surface area contributed by atoms with E-state index in [1.807, 2.05) is 0 Å². The second kappa shape index (κ2) is 5.67. The number of nitrogen functional groups attached to an aromatic ring is 1. The average molecular weight is 310 g/mol. The Morgan fingerprint density at radius 3 is 2.25 bits per heavy atom. The van der Waals surface area contributed by atoms with E-state index in [0.29, 0.717) is 9.87 Å². The Labute approximate surface area is 114 Å². The molecule has 0 bridgehead atoms. The quantitative estimate of drug-likeness (QED) is 0.554. The Morgan fingerprint density at radius 2 is 1.85 bits per heavy atom. The summed E-state index contributed by atoms with van der Waals surface area (Å²) in [5, 5.41) is 7.18. The first-order chi connectivity index (χ1) is 9.03. The lowest BCUT2D eigenvalue weighted by Gasteiger charge is -2.20. The molecule has 0 aliphatic rings. The molecule has 6 nitrogen and oxygen atoms in total. The molecular formula is C10H13F3N4O2S. The average Bonchev–Trinajstić information content (AvgIpc) is 2.35. The van der Waals surface area contributed by atoms with Crippen molar-refractivity contribution in [3.05, 3.63) is 29.8 Å². The van der Waals surface area contributed by atoms with E-state index >= 15 is 0 Å². The second-order valence-corrected chi connectivity index (χ2v) is 5.66. The molecule has 0 unspecified atom stereocenters. The van der Waals surface area contributed by atoms with E-state index in [4.69, 9.17) is 11.1 Å². The zero-order chi connectivity index (χ0) is 15.6. The summed E-state index contributed by atoms with van der Waals surface area (Å²) in [5.41, 5.74) is 5.76. The minimum absolute atomic E-state index is 0.143. The van der Waals surface area contributed by atoms with Gasteiger partial charge < -0.3 is 5.73 Å². The maximum absolute atomic E-state index is 12.0. The number of halogens is 3. The Kier molecular flexibility index (Phi) is 4.61. The monoisotopic (exact) mass is 310 g/mol. The summed E-state index contributed by atoms with van der Waals surface area (Å²) in [5.74, 6) is -0.197. The SMILES string of the molecule is CN(c1ccc(C(=N)N)cc1)S(=O)(=O)NCC(F)(F)F. The molecule has 0 amide bonds. The van der Waals surface area contributed by atoms with Crippen molar-refractivity contribution in [2.45, 2.75) is 6.18 Å². The third kappa shape index (κ3) is 4.38. The number of nitrogens with one attached hydrogen (secondary N) is 2. The number of hydrogen-bond acceptors (Lipinski definition) is 3. The van der Waals surface area contributed by atoms with Crippen molar-refractivity contribution in [3.8, 4) is 0 Å². The lowest BCUT2D eigenvalue weighted by molar-refractivity contribution is -0.121. The van der Waals surface area contributed by atoms with E-state index in [0.717, 1.165) is 7.05 Å². The zero-order valence-electron chi connectivity index (χ0n) is 10.4. The molecule has 1 rings (SSSR count). The number of nitrogens with two attached hydrogens (primary N) is 1. The van der Waals surface area contributed by atoms with Gasteiger partial charge in [-0.1, -0.05) is 0 Å². The highest BCUT2D eigenvalue weighted by Gasteiger charge is 2.31. The molecule has 112 valence electrons. The third-order valence-corrected chi connectivity index (χ3v) is 3.80. The molecule has 10 heteroatoms. The molecule has 0 saturated carbocycles. The van der Waals surface area contributed by atoms with Gasteiger partial charge in [0.1, 0.15) is 12.4 Å². The van der Waals surface area contributed by atoms with Gasteiger partial charge in [-0.2, -0.15) is 26.3 Å². The number of amidine groups is 1. The van der Waals surface area contributed by atoms with E-state index in [-0.39, 0.29) is 11.5 Å². The molecule has 0 saturated heterocycles. The van der Waals surface area contributed by atoms with Gasteiger partial charge in [-0.25, -0.2) is 0 Å². The summed E-state index contributed by atoms with van der Waals surface area (Å²) >= 11 is 0. The lowest BCUT2D eigenvalue weighted by atomic mass is 10.2. The maximum Gasteiger partial charge on any atom is 0.402 e. The molecule has 1 aromatic carbocycles. The van der Waals surface area contributed by atoms with Gasteiger partial charge in [-0.3, -0.25) is 9.71 Å². The summed E-state index contributed by atoms with van der Waals surface area (Å²) in [6, 6.07) is 5.47. The van der Waals surface area contributed by atoms with Crippen LogP contribution in [-0.4, -0.2) is 34.0 Å². The standard InChI is InChI=1S/C10H13F3N4O2S/c1-17(20(18,19)16-6-10(11,12)13)8-4-2-7(3-5-8)9(14)15/h2-5,16H,6H2,1H3,(H3,14,15). The first-order valence-corrected chi connectivity index (χ1v) is 6.72. The molecule has 4 N–H and O–H groups in total. The summed E-state index contributed by atoms with van der Waals surface area (Å²) in [6.07, 6.45) is -4.63. The molecule has 0 fully saturated rings. The molecule has 0 aromatic heterocycles. The minimum atomic E-state index is -4.63. The number of benzene rings is 1. The Hall–Kier alpha value is -1.81. The minimum Gasteiger partial charge on any atom is -0.384 e. The molecule has 0 radical (unpaired) electrons. The number of anilines is 1. The van der Waals surface area contributed by atoms with E-state index in [1.165, 1.54) is 29.0 Å². The van der Waals surface area contributed by atoms with E-state index in [2.05, 4.69) is 0 Å². The normalized spacial score (nSPS) is 12.2. The summed E-state index contributed by atoms with van der Waals surface area (Å²) in [7, 11) is -3.19. The Balaban J connectivity index is 2.88. The highest BCUT2D eigenvalue weighted by molar-refractivity contribution is 7.90. The van der Waals surface area contributed by atoms with Crippen molar-refractivity contribution < 1.29 is 21.6 Å². The fraction of sp³-hybridized carbons (Fsp3) is 0.300. The van der Waals surface area contributed by atoms with Crippen LogP contribution in [0, 0.1) is 5.41 Å². The van der Waals surface area contributed by atoms with Gasteiger partial charge >= 0.3 is 16.4 Å². The van der Waals surface area contributed by atoms with Gasteiger partial charge in [0.2, 0.25) is 0 Å². The Bertz CT molecular complexity index is 584. The van der Waals surface area contributed by atoms with Gasteiger partial charge in [-0.15, -0.1) is 0 Å². The van der Waals surface area contributed by atoms with Gasteiger partial charge in [0.05, 0.1) is 5.69 Å². The molecule has 20 heavy (non-hydrogen) atoms. The van der Waals surface area contributed by atoms with Crippen LogP contribution in [0.15, 0.2) is 24.3 Å². The van der Waals surface area contributed by atoms with E-state index in [9.17, 15) is 21.6 Å². The van der Waals surface area contributed by atoms with Crippen molar-refractivity contribution in [1.29, 1.82) is 5.41 Å². The highest BCUT2D eigenvalue weighted by Crippen LogP contribution is 2.18. The van der Waals surface area contributed by atoms with E-state index in [1.54, 1.807) is 0 Å². The molecule has 0 heterocycles. The Morgan fingerprint density at radius 1 is 1.35 bits per heavy atom. The molecular weight excluding hydrogens is 297 g/mol. The third-order valence-electron chi connectivity index (χ3n) is 2.36. The van der Waals surface area contributed by atoms with Crippen molar-refractivity contribution >= 4 is 21.7 Å². The van der Waals surface area contributed by atoms with E-state index < -0.39 is 22.9 Å². The van der Waals surface area contributed by atoms with Crippen LogP contribution in [0.1, 0.15) is 5.56 Å². The zero-order valence-corrected chi connectivity index (χ0v) is 11.2. The molecule has 0 atom stereocenters. The number of alkyl halides is 3. The topological polar surface area (TPSA) is 99.3 Å². The molecule has 0 aliphatic heterocycles. The fourth-order valence-corrected chi connectivity index (χ4v) is 2.20. The summed E-state index contributed by atoms with van der Waals surface area (Å²) in [4.78, 5) is 0. The lowest BCUT2D eigenvalue weighted by Crippen LogP contribution is -2.42.